The zero-order chi connectivity index (χ0) is 13.1. The molecule has 2 aromatic rings. The number of thiophene rings is 1. The van der Waals surface area contributed by atoms with Crippen LogP contribution in [0, 0.1) is 5.41 Å². The molecule has 0 saturated carbocycles. The molecule has 0 aliphatic carbocycles. The maximum absolute atomic E-state index is 7.50. The van der Waals surface area contributed by atoms with Gasteiger partial charge in [0.05, 0.1) is 5.02 Å². The van der Waals surface area contributed by atoms with E-state index in [0.29, 0.717) is 6.54 Å². The first-order chi connectivity index (χ1) is 8.61. The van der Waals surface area contributed by atoms with E-state index >= 15 is 0 Å². The Morgan fingerprint density at radius 2 is 2.06 bits per heavy atom. The molecule has 0 atom stereocenters. The molecule has 0 spiro atoms. The fraction of sp³-hybridized carbons (Fsp3) is 0.154. The lowest BCUT2D eigenvalue weighted by atomic mass is 10.1. The number of guanidine groups is 1. The molecule has 0 fully saturated rings. The summed E-state index contributed by atoms with van der Waals surface area (Å²) >= 11 is 7.53. The maximum atomic E-state index is 7.50. The number of benzene rings is 1. The first-order valence-electron chi connectivity index (χ1n) is 5.58. The van der Waals surface area contributed by atoms with Gasteiger partial charge >= 0.3 is 0 Å². The van der Waals surface area contributed by atoms with Crippen molar-refractivity contribution in [2.24, 2.45) is 5.73 Å². The molecule has 94 valence electrons. The lowest BCUT2D eigenvalue weighted by Crippen LogP contribution is -2.36. The molecule has 18 heavy (non-hydrogen) atoms. The van der Waals surface area contributed by atoms with Crippen LogP contribution in [-0.2, 0) is 0 Å². The van der Waals surface area contributed by atoms with E-state index in [1.54, 1.807) is 16.2 Å². The van der Waals surface area contributed by atoms with Crippen molar-refractivity contribution in [3.63, 3.8) is 0 Å². The molecule has 0 amide bonds. The second-order valence-corrected chi connectivity index (χ2v) is 5.15. The van der Waals surface area contributed by atoms with Crippen molar-refractivity contribution in [3.8, 4) is 10.4 Å². The first-order valence-corrected chi connectivity index (χ1v) is 6.83. The Morgan fingerprint density at radius 3 is 2.50 bits per heavy atom. The Bertz CT molecular complexity index is 548. The largest absolute Gasteiger partial charge is 0.370 e. The van der Waals surface area contributed by atoms with E-state index in [4.69, 9.17) is 22.7 Å². The quantitative estimate of drug-likeness (QED) is 0.663. The number of hydrogen-bond acceptors (Lipinski definition) is 2. The third kappa shape index (κ3) is 2.66. The van der Waals surface area contributed by atoms with Gasteiger partial charge in [0.25, 0.3) is 0 Å². The van der Waals surface area contributed by atoms with Gasteiger partial charge in [-0.2, -0.15) is 0 Å². The Kier molecular flexibility index (Phi) is 3.89. The van der Waals surface area contributed by atoms with Gasteiger partial charge in [0.1, 0.15) is 0 Å². The number of rotatable bonds is 3. The summed E-state index contributed by atoms with van der Waals surface area (Å²) in [6.07, 6.45) is 0. The van der Waals surface area contributed by atoms with Crippen LogP contribution < -0.4 is 10.6 Å². The number of hydrogen-bond donors (Lipinski definition) is 2. The highest BCUT2D eigenvalue weighted by atomic mass is 35.5. The number of nitrogens with zero attached hydrogens (tertiary/aromatic N) is 1. The monoisotopic (exact) mass is 279 g/mol. The van der Waals surface area contributed by atoms with E-state index in [-0.39, 0.29) is 5.96 Å². The molecule has 0 bridgehead atoms. The van der Waals surface area contributed by atoms with Crippen molar-refractivity contribution in [1.82, 2.24) is 0 Å². The molecule has 3 nitrogen and oxygen atoms in total. The molecule has 0 saturated heterocycles. The van der Waals surface area contributed by atoms with Gasteiger partial charge in [0.15, 0.2) is 5.96 Å². The third-order valence-corrected chi connectivity index (χ3v) is 3.96. The molecular weight excluding hydrogens is 266 g/mol. The highest BCUT2D eigenvalue weighted by Crippen LogP contribution is 2.30. The maximum Gasteiger partial charge on any atom is 0.192 e. The van der Waals surface area contributed by atoms with Crippen molar-refractivity contribution in [2.45, 2.75) is 6.92 Å². The van der Waals surface area contributed by atoms with Crippen molar-refractivity contribution in [2.75, 3.05) is 11.4 Å². The molecule has 1 heterocycles. The molecule has 3 N–H and O–H groups in total. The van der Waals surface area contributed by atoms with Gasteiger partial charge in [-0.1, -0.05) is 23.7 Å². The third-order valence-electron chi connectivity index (χ3n) is 2.64. The molecule has 0 radical (unpaired) electrons. The van der Waals surface area contributed by atoms with Gasteiger partial charge in [-0.15, -0.1) is 11.3 Å². The second kappa shape index (κ2) is 5.42. The summed E-state index contributed by atoms with van der Waals surface area (Å²) in [5, 5.41) is 10.2. The van der Waals surface area contributed by atoms with Gasteiger partial charge in [0, 0.05) is 22.5 Å². The number of halogens is 1. The molecular formula is C13H14ClN3S. The fourth-order valence-electron chi connectivity index (χ4n) is 1.76. The van der Waals surface area contributed by atoms with E-state index in [1.807, 2.05) is 42.6 Å². The number of anilines is 1. The predicted molar refractivity (Wildman–Crippen MR) is 79.7 cm³/mol. The molecule has 0 unspecified atom stereocenters. The van der Waals surface area contributed by atoms with Crippen LogP contribution in [0.25, 0.3) is 10.4 Å². The summed E-state index contributed by atoms with van der Waals surface area (Å²) in [5.74, 6) is 0.0596. The standard InChI is InChI=1S/C13H14ClN3S/c1-2-17(13(15)16)11-5-3-9(4-6-11)12-7-10(14)8-18-12/h3-8H,2H2,1H3,(H3,15,16). The SMILES string of the molecule is CCN(C(=N)N)c1ccc(-c2cc(Cl)cs2)cc1. The highest BCUT2D eigenvalue weighted by molar-refractivity contribution is 7.14. The normalized spacial score (nSPS) is 10.3. The minimum Gasteiger partial charge on any atom is -0.370 e. The van der Waals surface area contributed by atoms with Crippen LogP contribution in [0.5, 0.6) is 0 Å². The summed E-state index contributed by atoms with van der Waals surface area (Å²) in [5.41, 5.74) is 7.57. The zero-order valence-corrected chi connectivity index (χ0v) is 11.6. The molecule has 0 aliphatic heterocycles. The van der Waals surface area contributed by atoms with Crippen molar-refractivity contribution < 1.29 is 0 Å². The topological polar surface area (TPSA) is 53.1 Å². The van der Waals surface area contributed by atoms with E-state index in [1.165, 1.54) is 0 Å². The molecule has 5 heteroatoms. The van der Waals surface area contributed by atoms with Gasteiger partial charge in [0.2, 0.25) is 0 Å². The first kappa shape index (κ1) is 12.9. The van der Waals surface area contributed by atoms with E-state index in [0.717, 1.165) is 21.2 Å². The second-order valence-electron chi connectivity index (χ2n) is 3.81. The fourth-order valence-corrected chi connectivity index (χ4v) is 2.84. The van der Waals surface area contributed by atoms with E-state index in [9.17, 15) is 0 Å². The van der Waals surface area contributed by atoms with Crippen LogP contribution in [0.2, 0.25) is 5.02 Å². The van der Waals surface area contributed by atoms with Gasteiger partial charge in [-0.05, 0) is 30.7 Å². The average Bonchev–Trinajstić information content (AvgIpc) is 2.77. The zero-order valence-electron chi connectivity index (χ0n) is 9.98. The lowest BCUT2D eigenvalue weighted by molar-refractivity contribution is 1.03. The minimum atomic E-state index is 0.0596. The van der Waals surface area contributed by atoms with Crippen molar-refractivity contribution in [3.05, 3.63) is 40.7 Å². The molecule has 0 aliphatic rings. The predicted octanol–water partition coefficient (Wildman–Crippen LogP) is 3.79. The summed E-state index contributed by atoms with van der Waals surface area (Å²) in [6.45, 7) is 2.65. The summed E-state index contributed by atoms with van der Waals surface area (Å²) in [6, 6.07) is 9.91. The lowest BCUT2D eigenvalue weighted by Gasteiger charge is -2.20. The van der Waals surface area contributed by atoms with Gasteiger partial charge in [-0.25, -0.2) is 0 Å². The smallest absolute Gasteiger partial charge is 0.192 e. The Balaban J connectivity index is 2.27. The summed E-state index contributed by atoms with van der Waals surface area (Å²) < 4.78 is 0. The van der Waals surface area contributed by atoms with Crippen molar-refractivity contribution >= 4 is 34.6 Å². The van der Waals surface area contributed by atoms with Gasteiger partial charge in [-0.3, -0.25) is 5.41 Å². The van der Waals surface area contributed by atoms with Crippen LogP contribution in [0.15, 0.2) is 35.7 Å². The summed E-state index contributed by atoms with van der Waals surface area (Å²) in [7, 11) is 0. The Hall–Kier alpha value is -1.52. The highest BCUT2D eigenvalue weighted by Gasteiger charge is 2.07. The summed E-state index contributed by atoms with van der Waals surface area (Å²) in [4.78, 5) is 2.88. The van der Waals surface area contributed by atoms with Gasteiger partial charge < -0.3 is 10.6 Å². The number of nitrogens with one attached hydrogen (secondary N) is 1. The average molecular weight is 280 g/mol. The Labute approximate surface area is 115 Å². The van der Waals surface area contributed by atoms with Crippen LogP contribution in [-0.4, -0.2) is 12.5 Å². The van der Waals surface area contributed by atoms with E-state index < -0.39 is 0 Å². The van der Waals surface area contributed by atoms with Crippen LogP contribution >= 0.6 is 22.9 Å². The van der Waals surface area contributed by atoms with Crippen LogP contribution in [0.4, 0.5) is 5.69 Å². The molecule has 1 aromatic heterocycles. The Morgan fingerprint density at radius 1 is 1.39 bits per heavy atom. The minimum absolute atomic E-state index is 0.0596. The van der Waals surface area contributed by atoms with Crippen LogP contribution in [0.3, 0.4) is 0 Å². The van der Waals surface area contributed by atoms with Crippen molar-refractivity contribution in [1.29, 1.82) is 5.41 Å². The molecule has 1 aromatic carbocycles. The number of nitrogens with two attached hydrogens (primary N) is 1. The molecule has 2 rings (SSSR count). The van der Waals surface area contributed by atoms with E-state index in [2.05, 4.69) is 0 Å². The van der Waals surface area contributed by atoms with Crippen LogP contribution in [0.1, 0.15) is 6.92 Å².